The van der Waals surface area contributed by atoms with Crippen molar-refractivity contribution in [2.24, 2.45) is 0 Å². The van der Waals surface area contributed by atoms with Crippen molar-refractivity contribution in [1.82, 2.24) is 19.4 Å². The number of hydrogen-bond acceptors (Lipinski definition) is 7. The fourth-order valence-corrected chi connectivity index (χ4v) is 4.19. The molecule has 0 saturated carbocycles. The zero-order valence-electron chi connectivity index (χ0n) is 19.8. The van der Waals surface area contributed by atoms with E-state index in [-0.39, 0.29) is 12.9 Å². The number of likely N-dealkylation sites (tertiary alicyclic amines) is 1. The van der Waals surface area contributed by atoms with Crippen molar-refractivity contribution in [2.75, 3.05) is 59.1 Å². The minimum Gasteiger partial charge on any atom is -0.492 e. The third kappa shape index (κ3) is 8.77. The van der Waals surface area contributed by atoms with Crippen LogP contribution < -0.4 is 4.74 Å². The standard InChI is InChI=1S/C22H32N4O2.2CH2O2/c1-2-24-10-3-4-20(18-24)26-11-9-23-22(26)19-5-7-21(8-6-19)28-17-14-25-12-15-27-16-13-25;2*2-1-3/h5-9,11,20H,2-4,10,12-18H2,1H3;2*1H,(H,2,3). The fraction of sp³-hybridized carbons (Fsp3) is 0.542. The number of nitrogens with zero attached hydrogens (tertiary/aromatic N) is 4. The van der Waals surface area contributed by atoms with Gasteiger partial charge in [-0.15, -0.1) is 0 Å². The summed E-state index contributed by atoms with van der Waals surface area (Å²) in [5.74, 6) is 1.98. The Labute approximate surface area is 200 Å². The smallest absolute Gasteiger partial charge is 0.290 e. The number of benzene rings is 1. The lowest BCUT2D eigenvalue weighted by atomic mass is 10.0. The van der Waals surface area contributed by atoms with Crippen molar-refractivity contribution >= 4 is 12.9 Å². The molecule has 2 fully saturated rings. The van der Waals surface area contributed by atoms with Gasteiger partial charge in [0.2, 0.25) is 0 Å². The molecule has 2 saturated heterocycles. The van der Waals surface area contributed by atoms with Crippen LogP contribution in [0.25, 0.3) is 11.4 Å². The number of carboxylic acid groups (broad SMARTS) is 2. The van der Waals surface area contributed by atoms with Gasteiger partial charge in [0.1, 0.15) is 18.2 Å². The Morgan fingerprint density at radius 1 is 1.09 bits per heavy atom. The number of aromatic nitrogens is 2. The van der Waals surface area contributed by atoms with Crippen LogP contribution >= 0.6 is 0 Å². The topological polar surface area (TPSA) is 117 Å². The van der Waals surface area contributed by atoms with Crippen LogP contribution in [-0.4, -0.2) is 102 Å². The number of piperidine rings is 1. The number of likely N-dealkylation sites (N-methyl/N-ethyl adjacent to an activating group) is 1. The normalized spacial score (nSPS) is 18.6. The maximum atomic E-state index is 8.36. The van der Waals surface area contributed by atoms with Crippen molar-refractivity contribution in [3.05, 3.63) is 36.7 Å². The van der Waals surface area contributed by atoms with Crippen LogP contribution in [-0.2, 0) is 14.3 Å². The van der Waals surface area contributed by atoms with E-state index < -0.39 is 0 Å². The fourth-order valence-electron chi connectivity index (χ4n) is 4.19. The molecule has 2 N–H and O–H groups in total. The lowest BCUT2D eigenvalue weighted by molar-refractivity contribution is -0.123. The average Bonchev–Trinajstić information content (AvgIpc) is 3.36. The highest BCUT2D eigenvalue weighted by Crippen LogP contribution is 2.28. The van der Waals surface area contributed by atoms with E-state index in [9.17, 15) is 0 Å². The molecular formula is C24H36N4O6. The van der Waals surface area contributed by atoms with E-state index in [0.717, 1.165) is 63.1 Å². The first-order valence-electron chi connectivity index (χ1n) is 11.6. The monoisotopic (exact) mass is 476 g/mol. The second kappa shape index (κ2) is 15.8. The summed E-state index contributed by atoms with van der Waals surface area (Å²) in [4.78, 5) is 26.3. The van der Waals surface area contributed by atoms with Crippen molar-refractivity contribution in [3.63, 3.8) is 0 Å². The van der Waals surface area contributed by atoms with Gasteiger partial charge in [-0.2, -0.15) is 0 Å². The predicted octanol–water partition coefficient (Wildman–Crippen LogP) is 2.32. The molecule has 0 amide bonds. The Bertz CT molecular complexity index is 817. The molecule has 2 aliphatic rings. The summed E-state index contributed by atoms with van der Waals surface area (Å²) in [5, 5.41) is 13.8. The maximum Gasteiger partial charge on any atom is 0.290 e. The summed E-state index contributed by atoms with van der Waals surface area (Å²) in [6.45, 7) is 10.5. The van der Waals surface area contributed by atoms with Gasteiger partial charge in [-0.25, -0.2) is 4.98 Å². The van der Waals surface area contributed by atoms with Gasteiger partial charge >= 0.3 is 0 Å². The second-order valence-corrected chi connectivity index (χ2v) is 7.89. The first-order valence-corrected chi connectivity index (χ1v) is 11.6. The first kappa shape index (κ1) is 27.3. The van der Waals surface area contributed by atoms with Crippen LogP contribution in [0.5, 0.6) is 5.75 Å². The van der Waals surface area contributed by atoms with Crippen LogP contribution in [0, 0.1) is 0 Å². The van der Waals surface area contributed by atoms with Crippen LogP contribution in [0.3, 0.4) is 0 Å². The second-order valence-electron chi connectivity index (χ2n) is 7.89. The Hall–Kier alpha value is -2.95. The Morgan fingerprint density at radius 3 is 2.41 bits per heavy atom. The SMILES string of the molecule is CCN1CCCC(n2ccnc2-c2ccc(OCCN3CCOCC3)cc2)C1.O=CO.O=CO. The molecule has 1 aromatic heterocycles. The summed E-state index contributed by atoms with van der Waals surface area (Å²) in [5.41, 5.74) is 1.15. The van der Waals surface area contributed by atoms with E-state index in [2.05, 4.69) is 56.7 Å². The quantitative estimate of drug-likeness (QED) is 0.581. The van der Waals surface area contributed by atoms with E-state index in [1.54, 1.807) is 0 Å². The Morgan fingerprint density at radius 2 is 1.76 bits per heavy atom. The highest BCUT2D eigenvalue weighted by Gasteiger charge is 2.22. The number of morpholine rings is 1. The van der Waals surface area contributed by atoms with Crippen LogP contribution in [0.15, 0.2) is 36.7 Å². The van der Waals surface area contributed by atoms with Gasteiger partial charge in [-0.3, -0.25) is 14.5 Å². The van der Waals surface area contributed by atoms with E-state index in [1.165, 1.54) is 19.4 Å². The molecule has 0 aliphatic carbocycles. The molecule has 10 nitrogen and oxygen atoms in total. The lowest BCUT2D eigenvalue weighted by Gasteiger charge is -2.33. The number of imidazole rings is 1. The minimum absolute atomic E-state index is 0.250. The van der Waals surface area contributed by atoms with E-state index in [4.69, 9.17) is 29.3 Å². The van der Waals surface area contributed by atoms with Gasteiger partial charge in [0, 0.05) is 50.2 Å². The lowest BCUT2D eigenvalue weighted by Crippen LogP contribution is -2.38. The highest BCUT2D eigenvalue weighted by molar-refractivity contribution is 5.57. The average molecular weight is 477 g/mol. The molecular weight excluding hydrogens is 440 g/mol. The summed E-state index contributed by atoms with van der Waals surface area (Å²) >= 11 is 0. The highest BCUT2D eigenvalue weighted by atomic mass is 16.5. The molecule has 0 bridgehead atoms. The Kier molecular flexibility index (Phi) is 12.7. The van der Waals surface area contributed by atoms with Crippen LogP contribution in [0.1, 0.15) is 25.8 Å². The van der Waals surface area contributed by atoms with Gasteiger partial charge in [0.05, 0.1) is 13.2 Å². The van der Waals surface area contributed by atoms with Crippen molar-refractivity contribution in [3.8, 4) is 17.1 Å². The zero-order chi connectivity index (χ0) is 24.6. The molecule has 1 aromatic carbocycles. The molecule has 0 radical (unpaired) electrons. The molecule has 10 heteroatoms. The maximum absolute atomic E-state index is 8.36. The summed E-state index contributed by atoms with van der Waals surface area (Å²) in [6.07, 6.45) is 6.54. The van der Waals surface area contributed by atoms with Crippen LogP contribution in [0.2, 0.25) is 0 Å². The van der Waals surface area contributed by atoms with E-state index in [0.29, 0.717) is 12.6 Å². The van der Waals surface area contributed by atoms with E-state index in [1.807, 2.05) is 6.20 Å². The Balaban J connectivity index is 0.000000618. The molecule has 1 unspecified atom stereocenters. The zero-order valence-corrected chi connectivity index (χ0v) is 19.8. The van der Waals surface area contributed by atoms with Crippen molar-refractivity contribution in [2.45, 2.75) is 25.8 Å². The summed E-state index contributed by atoms with van der Waals surface area (Å²) in [6, 6.07) is 8.89. The molecule has 1 atom stereocenters. The molecule has 2 aliphatic heterocycles. The summed E-state index contributed by atoms with van der Waals surface area (Å²) < 4.78 is 13.7. The van der Waals surface area contributed by atoms with Gasteiger partial charge < -0.3 is 29.2 Å². The van der Waals surface area contributed by atoms with Crippen LogP contribution in [0.4, 0.5) is 0 Å². The number of rotatable bonds is 7. The van der Waals surface area contributed by atoms with Crippen molar-refractivity contribution < 1.29 is 29.3 Å². The molecule has 34 heavy (non-hydrogen) atoms. The summed E-state index contributed by atoms with van der Waals surface area (Å²) in [7, 11) is 0. The van der Waals surface area contributed by atoms with Gasteiger partial charge in [-0.05, 0) is 50.2 Å². The number of ether oxygens (including phenoxy) is 2. The molecule has 4 rings (SSSR count). The number of carbonyl (C=O) groups is 2. The third-order valence-corrected chi connectivity index (χ3v) is 5.88. The molecule has 3 heterocycles. The van der Waals surface area contributed by atoms with Crippen molar-refractivity contribution in [1.29, 1.82) is 0 Å². The predicted molar refractivity (Wildman–Crippen MR) is 128 cm³/mol. The van der Waals surface area contributed by atoms with Gasteiger partial charge in [-0.1, -0.05) is 6.92 Å². The van der Waals surface area contributed by atoms with E-state index >= 15 is 0 Å². The minimum atomic E-state index is -0.250. The number of hydrogen-bond donors (Lipinski definition) is 2. The first-order chi connectivity index (χ1) is 16.7. The molecule has 2 aromatic rings. The largest absolute Gasteiger partial charge is 0.492 e. The molecule has 0 spiro atoms. The van der Waals surface area contributed by atoms with Gasteiger partial charge in [0.15, 0.2) is 0 Å². The molecule has 188 valence electrons. The third-order valence-electron chi connectivity index (χ3n) is 5.88. The van der Waals surface area contributed by atoms with Gasteiger partial charge in [0.25, 0.3) is 12.9 Å².